The minimum Gasteiger partial charge on any atom is -0.379 e. The average Bonchev–Trinajstić information content (AvgIpc) is 3.16. The van der Waals surface area contributed by atoms with E-state index >= 15 is 0 Å². The van der Waals surface area contributed by atoms with Crippen LogP contribution in [0, 0.1) is 0 Å². The molecule has 0 unspecified atom stereocenters. The van der Waals surface area contributed by atoms with E-state index in [0.29, 0.717) is 5.92 Å². The lowest BCUT2D eigenvalue weighted by Gasteiger charge is -2.37. The Morgan fingerprint density at radius 1 is 1.04 bits per heavy atom. The number of amides is 1. The standard InChI is InChI=1S/C19H33N5O2/c1-16(2)18-20-4-5-24(18)17(3)19(25)23-10-8-21(9-11-23)6-7-22-12-14-26-15-13-22/h4-5,16-17H,6-15H2,1-3H3/t17-/m1/s1. The van der Waals surface area contributed by atoms with E-state index in [1.165, 1.54) is 0 Å². The monoisotopic (exact) mass is 363 g/mol. The predicted molar refractivity (Wildman–Crippen MR) is 101 cm³/mol. The van der Waals surface area contributed by atoms with Crippen LogP contribution in [0.4, 0.5) is 0 Å². The quantitative estimate of drug-likeness (QED) is 0.756. The molecule has 2 fully saturated rings. The Balaban J connectivity index is 1.46. The molecule has 26 heavy (non-hydrogen) atoms. The number of imidazole rings is 1. The SMILES string of the molecule is CC(C)c1nccn1[C@H](C)C(=O)N1CCN(CCN2CCOCC2)CC1. The van der Waals surface area contributed by atoms with E-state index < -0.39 is 0 Å². The molecule has 0 bridgehead atoms. The van der Waals surface area contributed by atoms with Gasteiger partial charge in [-0.1, -0.05) is 13.8 Å². The van der Waals surface area contributed by atoms with Crippen LogP contribution in [0.3, 0.4) is 0 Å². The van der Waals surface area contributed by atoms with Crippen LogP contribution in [-0.2, 0) is 9.53 Å². The third kappa shape index (κ3) is 4.64. The minimum atomic E-state index is -0.185. The number of carbonyl (C=O) groups is 1. The third-order valence-electron chi connectivity index (χ3n) is 5.51. The molecule has 2 saturated heterocycles. The Kier molecular flexibility index (Phi) is 6.67. The Morgan fingerprint density at radius 2 is 1.65 bits per heavy atom. The summed E-state index contributed by atoms with van der Waals surface area (Å²) in [5.41, 5.74) is 0. The summed E-state index contributed by atoms with van der Waals surface area (Å²) in [5, 5.41) is 0. The summed E-state index contributed by atoms with van der Waals surface area (Å²) in [7, 11) is 0. The molecule has 1 amide bonds. The maximum absolute atomic E-state index is 12.9. The van der Waals surface area contributed by atoms with Crippen LogP contribution in [0.2, 0.25) is 0 Å². The molecule has 0 aliphatic carbocycles. The molecule has 2 aliphatic heterocycles. The van der Waals surface area contributed by atoms with Crippen molar-refractivity contribution >= 4 is 5.91 Å². The number of aromatic nitrogens is 2. The fourth-order valence-corrected chi connectivity index (χ4v) is 3.78. The number of rotatable bonds is 6. The average molecular weight is 364 g/mol. The van der Waals surface area contributed by atoms with Gasteiger partial charge in [0.25, 0.3) is 0 Å². The van der Waals surface area contributed by atoms with Gasteiger partial charge < -0.3 is 14.2 Å². The van der Waals surface area contributed by atoms with E-state index in [1.54, 1.807) is 6.20 Å². The molecule has 1 atom stereocenters. The van der Waals surface area contributed by atoms with E-state index in [2.05, 4.69) is 28.6 Å². The molecule has 3 rings (SSSR count). The van der Waals surface area contributed by atoms with Crippen molar-refractivity contribution in [1.82, 2.24) is 24.3 Å². The van der Waals surface area contributed by atoms with E-state index in [9.17, 15) is 4.79 Å². The maximum Gasteiger partial charge on any atom is 0.245 e. The molecular formula is C19H33N5O2. The Hall–Kier alpha value is -1.44. The fraction of sp³-hybridized carbons (Fsp3) is 0.789. The van der Waals surface area contributed by atoms with Crippen LogP contribution in [0.25, 0.3) is 0 Å². The second kappa shape index (κ2) is 8.97. The first-order chi connectivity index (χ1) is 12.6. The Morgan fingerprint density at radius 3 is 2.27 bits per heavy atom. The number of morpholine rings is 1. The lowest BCUT2D eigenvalue weighted by atomic mass is 10.2. The van der Waals surface area contributed by atoms with Gasteiger partial charge in [0.15, 0.2) is 0 Å². The topological polar surface area (TPSA) is 53.8 Å². The largest absolute Gasteiger partial charge is 0.379 e. The molecule has 3 heterocycles. The highest BCUT2D eigenvalue weighted by Gasteiger charge is 2.27. The van der Waals surface area contributed by atoms with Crippen molar-refractivity contribution in [2.75, 3.05) is 65.6 Å². The zero-order valence-corrected chi connectivity index (χ0v) is 16.4. The first kappa shape index (κ1) is 19.3. The molecule has 7 nitrogen and oxygen atoms in total. The van der Waals surface area contributed by atoms with Gasteiger partial charge in [0.2, 0.25) is 5.91 Å². The van der Waals surface area contributed by atoms with Gasteiger partial charge >= 0.3 is 0 Å². The summed E-state index contributed by atoms with van der Waals surface area (Å²) in [4.78, 5) is 24.3. The minimum absolute atomic E-state index is 0.185. The van der Waals surface area contributed by atoms with Crippen LogP contribution in [-0.4, -0.2) is 95.7 Å². The summed E-state index contributed by atoms with van der Waals surface area (Å²) in [6.07, 6.45) is 3.72. The van der Waals surface area contributed by atoms with Gasteiger partial charge in [0, 0.05) is 70.7 Å². The van der Waals surface area contributed by atoms with Gasteiger partial charge in [-0.25, -0.2) is 4.98 Å². The molecule has 2 aliphatic rings. The van der Waals surface area contributed by atoms with Crippen molar-refractivity contribution in [2.45, 2.75) is 32.7 Å². The molecule has 1 aromatic heterocycles. The van der Waals surface area contributed by atoms with E-state index in [1.807, 2.05) is 22.6 Å². The lowest BCUT2D eigenvalue weighted by Crippen LogP contribution is -2.52. The van der Waals surface area contributed by atoms with Gasteiger partial charge in [-0.3, -0.25) is 14.6 Å². The van der Waals surface area contributed by atoms with Crippen LogP contribution in [0.15, 0.2) is 12.4 Å². The Bertz CT molecular complexity index is 574. The first-order valence-electron chi connectivity index (χ1n) is 9.90. The number of hydrogen-bond acceptors (Lipinski definition) is 5. The molecule has 0 saturated carbocycles. The molecule has 0 N–H and O–H groups in total. The van der Waals surface area contributed by atoms with Crippen molar-refractivity contribution in [2.24, 2.45) is 0 Å². The highest BCUT2D eigenvalue weighted by molar-refractivity contribution is 5.80. The molecular weight excluding hydrogens is 330 g/mol. The van der Waals surface area contributed by atoms with Crippen LogP contribution < -0.4 is 0 Å². The van der Waals surface area contributed by atoms with Gasteiger partial charge in [0.05, 0.1) is 13.2 Å². The lowest BCUT2D eigenvalue weighted by molar-refractivity contribution is -0.136. The van der Waals surface area contributed by atoms with Crippen molar-refractivity contribution in [3.8, 4) is 0 Å². The molecule has 146 valence electrons. The van der Waals surface area contributed by atoms with E-state index in [0.717, 1.165) is 71.4 Å². The number of carbonyl (C=O) groups excluding carboxylic acids is 1. The van der Waals surface area contributed by atoms with Crippen molar-refractivity contribution < 1.29 is 9.53 Å². The highest BCUT2D eigenvalue weighted by Crippen LogP contribution is 2.19. The molecule has 0 aromatic carbocycles. The fourth-order valence-electron chi connectivity index (χ4n) is 3.78. The Labute approximate surface area is 156 Å². The van der Waals surface area contributed by atoms with Crippen molar-refractivity contribution in [3.05, 3.63) is 18.2 Å². The summed E-state index contributed by atoms with van der Waals surface area (Å²) < 4.78 is 7.43. The second-order valence-electron chi connectivity index (χ2n) is 7.64. The number of piperazine rings is 1. The highest BCUT2D eigenvalue weighted by atomic mass is 16.5. The maximum atomic E-state index is 12.9. The van der Waals surface area contributed by atoms with E-state index in [4.69, 9.17) is 4.74 Å². The van der Waals surface area contributed by atoms with Crippen LogP contribution in [0.5, 0.6) is 0 Å². The zero-order chi connectivity index (χ0) is 18.5. The predicted octanol–water partition coefficient (Wildman–Crippen LogP) is 1.04. The molecule has 1 aromatic rings. The summed E-state index contributed by atoms with van der Waals surface area (Å²) in [5.74, 6) is 1.50. The van der Waals surface area contributed by atoms with Gasteiger partial charge in [-0.2, -0.15) is 0 Å². The summed E-state index contributed by atoms with van der Waals surface area (Å²) in [6, 6.07) is -0.185. The van der Waals surface area contributed by atoms with Crippen LogP contribution in [0.1, 0.15) is 38.6 Å². The number of ether oxygens (including phenoxy) is 1. The molecule has 0 radical (unpaired) electrons. The van der Waals surface area contributed by atoms with Gasteiger partial charge in [0.1, 0.15) is 11.9 Å². The number of hydrogen-bond donors (Lipinski definition) is 0. The van der Waals surface area contributed by atoms with Crippen molar-refractivity contribution in [1.29, 1.82) is 0 Å². The smallest absolute Gasteiger partial charge is 0.245 e. The second-order valence-corrected chi connectivity index (χ2v) is 7.64. The van der Waals surface area contributed by atoms with E-state index in [-0.39, 0.29) is 11.9 Å². The molecule has 0 spiro atoms. The van der Waals surface area contributed by atoms with Gasteiger partial charge in [-0.15, -0.1) is 0 Å². The normalized spacial score (nSPS) is 21.3. The van der Waals surface area contributed by atoms with Crippen LogP contribution >= 0.6 is 0 Å². The number of nitrogens with zero attached hydrogens (tertiary/aromatic N) is 5. The van der Waals surface area contributed by atoms with Gasteiger partial charge in [-0.05, 0) is 6.92 Å². The molecule has 7 heteroatoms. The first-order valence-corrected chi connectivity index (χ1v) is 9.90. The third-order valence-corrected chi connectivity index (χ3v) is 5.51. The van der Waals surface area contributed by atoms with Crippen molar-refractivity contribution in [3.63, 3.8) is 0 Å². The zero-order valence-electron chi connectivity index (χ0n) is 16.4. The summed E-state index contributed by atoms with van der Waals surface area (Å²) in [6.45, 7) is 15.7. The summed E-state index contributed by atoms with van der Waals surface area (Å²) >= 11 is 0.